The van der Waals surface area contributed by atoms with Crippen LogP contribution in [-0.2, 0) is 14.8 Å². The number of hydrogen-bond acceptors (Lipinski definition) is 9. The highest BCUT2D eigenvalue weighted by Crippen LogP contribution is 2.29. The lowest BCUT2D eigenvalue weighted by atomic mass is 10.2. The average Bonchev–Trinajstić information content (AvgIpc) is 3.27. The number of thioether (sulfide) groups is 1. The van der Waals surface area contributed by atoms with Crippen molar-refractivity contribution in [3.8, 4) is 23.0 Å². The Morgan fingerprint density at radius 2 is 1.84 bits per heavy atom. The van der Waals surface area contributed by atoms with Crippen LogP contribution in [0, 0.1) is 0 Å². The lowest BCUT2D eigenvalue weighted by Gasteiger charge is -2.13. The van der Waals surface area contributed by atoms with Crippen LogP contribution >= 0.6 is 11.8 Å². The number of ether oxygens (including phenoxy) is 2. The van der Waals surface area contributed by atoms with Gasteiger partial charge in [-0.25, -0.2) is 8.42 Å². The standard InChI is InChI=1S/C20H22N4O6S2/c1-4-32(26,27)24-16-10-7-14(11-17(16)29-3)21-18(25)12-31-20-23-22-19(30-20)13-5-8-15(28-2)9-6-13/h5-11,24H,4,12H2,1-3H3,(H,21,25). The number of benzene rings is 2. The van der Waals surface area contributed by atoms with Crippen molar-refractivity contribution in [1.29, 1.82) is 0 Å². The lowest BCUT2D eigenvalue weighted by Crippen LogP contribution is -2.16. The highest BCUT2D eigenvalue weighted by molar-refractivity contribution is 7.99. The Bertz CT molecular complexity index is 1180. The van der Waals surface area contributed by atoms with Crippen LogP contribution in [0.25, 0.3) is 11.5 Å². The van der Waals surface area contributed by atoms with Crippen LogP contribution in [0.5, 0.6) is 11.5 Å². The van der Waals surface area contributed by atoms with E-state index < -0.39 is 10.0 Å². The summed E-state index contributed by atoms with van der Waals surface area (Å²) in [7, 11) is -0.456. The van der Waals surface area contributed by atoms with E-state index in [0.29, 0.717) is 23.0 Å². The first-order chi connectivity index (χ1) is 15.3. The topological polar surface area (TPSA) is 133 Å². The van der Waals surface area contributed by atoms with Gasteiger partial charge < -0.3 is 19.2 Å². The van der Waals surface area contributed by atoms with E-state index in [9.17, 15) is 13.2 Å². The highest BCUT2D eigenvalue weighted by atomic mass is 32.2. The van der Waals surface area contributed by atoms with Crippen LogP contribution in [0.1, 0.15) is 6.92 Å². The van der Waals surface area contributed by atoms with Crippen LogP contribution < -0.4 is 19.5 Å². The molecule has 0 saturated carbocycles. The Morgan fingerprint density at radius 1 is 1.09 bits per heavy atom. The minimum atomic E-state index is -3.45. The molecule has 1 heterocycles. The predicted molar refractivity (Wildman–Crippen MR) is 122 cm³/mol. The van der Waals surface area contributed by atoms with Crippen molar-refractivity contribution in [2.45, 2.75) is 12.1 Å². The lowest BCUT2D eigenvalue weighted by molar-refractivity contribution is -0.113. The highest BCUT2D eigenvalue weighted by Gasteiger charge is 2.14. The second-order valence-corrected chi connectivity index (χ2v) is 9.30. The van der Waals surface area contributed by atoms with E-state index in [0.717, 1.165) is 17.3 Å². The molecule has 0 unspecified atom stereocenters. The molecule has 10 nitrogen and oxygen atoms in total. The molecular formula is C20H22N4O6S2. The molecule has 0 aliphatic carbocycles. The van der Waals surface area contributed by atoms with Crippen LogP contribution in [0.3, 0.4) is 0 Å². The van der Waals surface area contributed by atoms with Gasteiger partial charge in [0, 0.05) is 17.3 Å². The molecule has 0 aliphatic heterocycles. The number of anilines is 2. The summed E-state index contributed by atoms with van der Waals surface area (Å²) in [4.78, 5) is 12.3. The molecule has 32 heavy (non-hydrogen) atoms. The Kier molecular flexibility index (Phi) is 7.59. The molecule has 0 atom stereocenters. The summed E-state index contributed by atoms with van der Waals surface area (Å²) in [5.74, 6) is 1.01. The van der Waals surface area contributed by atoms with Crippen molar-refractivity contribution in [3.63, 3.8) is 0 Å². The number of carbonyl (C=O) groups is 1. The molecule has 12 heteroatoms. The first kappa shape index (κ1) is 23.4. The maximum Gasteiger partial charge on any atom is 0.277 e. The first-order valence-corrected chi connectivity index (χ1v) is 12.1. The number of nitrogens with one attached hydrogen (secondary N) is 2. The van der Waals surface area contributed by atoms with Crippen LogP contribution in [-0.4, -0.2) is 50.2 Å². The van der Waals surface area contributed by atoms with Crippen molar-refractivity contribution in [2.75, 3.05) is 35.8 Å². The molecule has 2 aromatic carbocycles. The first-order valence-electron chi connectivity index (χ1n) is 9.42. The second kappa shape index (κ2) is 10.4. The number of hydrogen-bond donors (Lipinski definition) is 2. The predicted octanol–water partition coefficient (Wildman–Crippen LogP) is 3.25. The van der Waals surface area contributed by atoms with Crippen LogP contribution in [0.15, 0.2) is 52.1 Å². The largest absolute Gasteiger partial charge is 0.497 e. The third-order valence-electron chi connectivity index (χ3n) is 4.20. The third kappa shape index (κ3) is 6.14. The van der Waals surface area contributed by atoms with Gasteiger partial charge in [-0.3, -0.25) is 9.52 Å². The van der Waals surface area contributed by atoms with E-state index in [1.54, 1.807) is 37.4 Å². The van der Waals surface area contributed by atoms with Gasteiger partial charge in [0.05, 0.1) is 31.4 Å². The molecular weight excluding hydrogens is 456 g/mol. The van der Waals surface area contributed by atoms with Crippen molar-refractivity contribution < 1.29 is 27.1 Å². The number of rotatable bonds is 10. The van der Waals surface area contributed by atoms with Crippen molar-refractivity contribution in [1.82, 2.24) is 10.2 Å². The summed E-state index contributed by atoms with van der Waals surface area (Å²) in [5.41, 5.74) is 1.48. The van der Waals surface area contributed by atoms with Gasteiger partial charge in [0.25, 0.3) is 5.22 Å². The SMILES string of the molecule is CCS(=O)(=O)Nc1ccc(NC(=O)CSc2nnc(-c3ccc(OC)cc3)o2)cc1OC. The summed E-state index contributed by atoms with van der Waals surface area (Å²) in [6.45, 7) is 1.53. The average molecular weight is 479 g/mol. The zero-order chi connectivity index (χ0) is 23.1. The fourth-order valence-electron chi connectivity index (χ4n) is 2.54. The van der Waals surface area contributed by atoms with E-state index in [2.05, 4.69) is 20.2 Å². The number of aromatic nitrogens is 2. The number of amides is 1. The molecule has 0 bridgehead atoms. The van der Waals surface area contributed by atoms with Gasteiger partial charge in [-0.15, -0.1) is 10.2 Å². The van der Waals surface area contributed by atoms with Gasteiger partial charge >= 0.3 is 0 Å². The minimum absolute atomic E-state index is 0.0385. The monoisotopic (exact) mass is 478 g/mol. The number of sulfonamides is 1. The quantitative estimate of drug-likeness (QED) is 0.421. The minimum Gasteiger partial charge on any atom is -0.497 e. The summed E-state index contributed by atoms with van der Waals surface area (Å²) in [6.07, 6.45) is 0. The van der Waals surface area contributed by atoms with Crippen molar-refractivity contribution >= 4 is 39.1 Å². The zero-order valence-electron chi connectivity index (χ0n) is 17.6. The summed E-state index contributed by atoms with van der Waals surface area (Å²) >= 11 is 1.09. The maximum atomic E-state index is 12.3. The number of nitrogens with zero attached hydrogens (tertiary/aromatic N) is 2. The van der Waals surface area contributed by atoms with Crippen molar-refractivity contribution in [2.24, 2.45) is 0 Å². The molecule has 0 aliphatic rings. The molecule has 1 amide bonds. The fraction of sp³-hybridized carbons (Fsp3) is 0.250. The molecule has 1 aromatic heterocycles. The summed E-state index contributed by atoms with van der Waals surface area (Å²) < 4.78 is 41.9. The van der Waals surface area contributed by atoms with Crippen LogP contribution in [0.2, 0.25) is 0 Å². The van der Waals surface area contributed by atoms with Gasteiger partial charge in [0.15, 0.2) is 0 Å². The third-order valence-corrected chi connectivity index (χ3v) is 6.31. The van der Waals surface area contributed by atoms with E-state index in [1.165, 1.54) is 26.2 Å². The van der Waals surface area contributed by atoms with Crippen molar-refractivity contribution in [3.05, 3.63) is 42.5 Å². The second-order valence-electron chi connectivity index (χ2n) is 6.36. The van der Waals surface area contributed by atoms with E-state index in [4.69, 9.17) is 13.9 Å². The Balaban J connectivity index is 1.58. The molecule has 3 aromatic rings. The molecule has 0 saturated heterocycles. The zero-order valence-corrected chi connectivity index (χ0v) is 19.2. The van der Waals surface area contributed by atoms with Gasteiger partial charge in [-0.05, 0) is 43.3 Å². The van der Waals surface area contributed by atoms with Gasteiger partial charge in [0.2, 0.25) is 21.8 Å². The van der Waals surface area contributed by atoms with E-state index >= 15 is 0 Å². The molecule has 170 valence electrons. The Hall–Kier alpha value is -3.25. The van der Waals surface area contributed by atoms with Gasteiger partial charge in [-0.2, -0.15) is 0 Å². The maximum absolute atomic E-state index is 12.3. The van der Waals surface area contributed by atoms with E-state index in [-0.39, 0.29) is 28.4 Å². The molecule has 2 N–H and O–H groups in total. The molecule has 0 fully saturated rings. The Morgan fingerprint density at radius 3 is 2.50 bits per heavy atom. The van der Waals surface area contributed by atoms with Crippen LogP contribution in [0.4, 0.5) is 11.4 Å². The summed E-state index contributed by atoms with van der Waals surface area (Å²) in [5, 5.41) is 10.9. The fourth-order valence-corrected chi connectivity index (χ4v) is 3.75. The van der Waals surface area contributed by atoms with Gasteiger partial charge in [-0.1, -0.05) is 11.8 Å². The Labute approximate surface area is 189 Å². The molecule has 3 rings (SSSR count). The smallest absolute Gasteiger partial charge is 0.277 e. The van der Waals surface area contributed by atoms with Gasteiger partial charge in [0.1, 0.15) is 11.5 Å². The molecule has 0 spiro atoms. The number of methoxy groups -OCH3 is 2. The van der Waals surface area contributed by atoms with E-state index in [1.807, 2.05) is 0 Å². The normalized spacial score (nSPS) is 11.1. The molecule has 0 radical (unpaired) electrons. The number of carbonyl (C=O) groups excluding carboxylic acids is 1. The summed E-state index contributed by atoms with van der Waals surface area (Å²) in [6, 6.07) is 11.8.